The second-order valence-corrected chi connectivity index (χ2v) is 16.6. The van der Waals surface area contributed by atoms with Crippen LogP contribution < -0.4 is 14.8 Å². The van der Waals surface area contributed by atoms with Crippen molar-refractivity contribution >= 4 is 23.3 Å². The number of carbonyl (C=O) groups is 1. The molecule has 10 nitrogen and oxygen atoms in total. The predicted octanol–water partition coefficient (Wildman–Crippen LogP) is 8.73. The Hall–Kier alpha value is -4.18. The number of anilines is 1. The standard InChI is InChI=1S/C40H49ClN6O4/c1-25(24-50-34-14-19-42-33-11-6-8-26(2)35(33)34)20-28-21-27-12-13-31(51-37-44-45-46-47(37)38(3,4)5)23-32(27)39(28)15-17-40(18-16-39,36(48)49)43-30-10-7-9-29(41)22-30/h7,9-10,12-14,19,22-23,25-26,28,43H,6,8,11,15-18,20-21,24H2,1-5H3,(H,48,49)/t25-,26-,28+,39?,40?/m1/s1. The number of hydrogen-bond donors (Lipinski definition) is 2. The van der Waals surface area contributed by atoms with Crippen LogP contribution in [0.3, 0.4) is 0 Å². The molecule has 3 aliphatic carbocycles. The maximum atomic E-state index is 13.0. The Bertz CT molecular complexity index is 1900. The summed E-state index contributed by atoms with van der Waals surface area (Å²) in [7, 11) is 0. The molecule has 1 fully saturated rings. The van der Waals surface area contributed by atoms with Crippen molar-refractivity contribution in [3.63, 3.8) is 0 Å². The summed E-state index contributed by atoms with van der Waals surface area (Å²) < 4.78 is 14.6. The highest BCUT2D eigenvalue weighted by molar-refractivity contribution is 6.30. The molecule has 0 bridgehead atoms. The third-order valence-electron chi connectivity index (χ3n) is 11.6. The molecule has 1 spiro atoms. The lowest BCUT2D eigenvalue weighted by Gasteiger charge is -2.47. The molecule has 3 aliphatic rings. The summed E-state index contributed by atoms with van der Waals surface area (Å²) in [4.78, 5) is 17.7. The maximum Gasteiger partial charge on any atom is 0.341 e. The number of aryl methyl sites for hydroxylation is 1. The monoisotopic (exact) mass is 712 g/mol. The average Bonchev–Trinajstić information content (AvgIpc) is 3.68. The topological polar surface area (TPSA) is 124 Å². The number of carboxylic acids is 1. The molecule has 2 aromatic heterocycles. The first-order chi connectivity index (χ1) is 24.4. The molecule has 51 heavy (non-hydrogen) atoms. The molecule has 2 N–H and O–H groups in total. The van der Waals surface area contributed by atoms with Gasteiger partial charge in [0.1, 0.15) is 17.0 Å². The van der Waals surface area contributed by atoms with Crippen molar-refractivity contribution in [2.45, 2.75) is 115 Å². The first kappa shape index (κ1) is 35.2. The second-order valence-electron chi connectivity index (χ2n) is 16.2. The number of ether oxygens (including phenoxy) is 2. The predicted molar refractivity (Wildman–Crippen MR) is 197 cm³/mol. The van der Waals surface area contributed by atoms with Crippen LogP contribution in [0.5, 0.6) is 17.5 Å². The number of tetrazole rings is 1. The van der Waals surface area contributed by atoms with Crippen molar-refractivity contribution in [1.29, 1.82) is 0 Å². The highest BCUT2D eigenvalue weighted by atomic mass is 35.5. The van der Waals surface area contributed by atoms with Crippen LogP contribution in [0, 0.1) is 11.8 Å². The van der Waals surface area contributed by atoms with Crippen LogP contribution in [0.25, 0.3) is 0 Å². The number of rotatable bonds is 10. The number of halogens is 1. The van der Waals surface area contributed by atoms with Crippen LogP contribution >= 0.6 is 11.6 Å². The van der Waals surface area contributed by atoms with E-state index in [1.165, 1.54) is 28.8 Å². The Morgan fingerprint density at radius 3 is 2.69 bits per heavy atom. The van der Waals surface area contributed by atoms with Crippen LogP contribution in [0.15, 0.2) is 54.7 Å². The number of nitrogens with zero attached hydrogens (tertiary/aromatic N) is 5. The van der Waals surface area contributed by atoms with Crippen molar-refractivity contribution in [3.8, 4) is 17.5 Å². The summed E-state index contributed by atoms with van der Waals surface area (Å²) in [6.45, 7) is 11.3. The Morgan fingerprint density at radius 1 is 1.14 bits per heavy atom. The van der Waals surface area contributed by atoms with Gasteiger partial charge < -0.3 is 19.9 Å². The molecule has 0 radical (unpaired) electrons. The molecule has 3 atom stereocenters. The van der Waals surface area contributed by atoms with E-state index in [1.54, 1.807) is 16.8 Å². The molecular weight excluding hydrogens is 664 g/mol. The Kier molecular flexibility index (Phi) is 9.50. The van der Waals surface area contributed by atoms with E-state index in [0.717, 1.165) is 50.0 Å². The van der Waals surface area contributed by atoms with Gasteiger partial charge in [-0.15, -0.1) is 0 Å². The van der Waals surface area contributed by atoms with E-state index < -0.39 is 11.5 Å². The van der Waals surface area contributed by atoms with Crippen molar-refractivity contribution in [1.82, 2.24) is 25.2 Å². The molecule has 2 heterocycles. The van der Waals surface area contributed by atoms with E-state index in [1.807, 2.05) is 51.2 Å². The van der Waals surface area contributed by atoms with Gasteiger partial charge in [0, 0.05) is 28.2 Å². The second kappa shape index (κ2) is 13.7. The number of pyridine rings is 1. The number of aromatic nitrogens is 5. The highest BCUT2D eigenvalue weighted by Gasteiger charge is 2.54. The maximum absolute atomic E-state index is 13.0. The summed E-state index contributed by atoms with van der Waals surface area (Å²) >= 11 is 6.29. The Labute approximate surface area is 305 Å². The number of aliphatic carboxylic acids is 1. The molecule has 1 saturated carbocycles. The van der Waals surface area contributed by atoms with E-state index in [9.17, 15) is 9.90 Å². The van der Waals surface area contributed by atoms with E-state index in [2.05, 4.69) is 51.8 Å². The van der Waals surface area contributed by atoms with Gasteiger partial charge in [0.05, 0.1) is 12.1 Å². The zero-order chi connectivity index (χ0) is 36.0. The van der Waals surface area contributed by atoms with Gasteiger partial charge in [0.15, 0.2) is 0 Å². The van der Waals surface area contributed by atoms with Crippen molar-refractivity contribution in [2.24, 2.45) is 11.8 Å². The van der Waals surface area contributed by atoms with Gasteiger partial charge in [-0.2, -0.15) is 4.68 Å². The molecule has 4 aromatic rings. The van der Waals surface area contributed by atoms with Crippen molar-refractivity contribution in [2.75, 3.05) is 11.9 Å². The van der Waals surface area contributed by atoms with Crippen LogP contribution in [-0.2, 0) is 28.6 Å². The Morgan fingerprint density at radius 2 is 1.94 bits per heavy atom. The zero-order valence-corrected chi connectivity index (χ0v) is 31.0. The van der Waals surface area contributed by atoms with Gasteiger partial charge >= 0.3 is 12.0 Å². The van der Waals surface area contributed by atoms with Crippen LogP contribution in [-0.4, -0.2) is 48.4 Å². The van der Waals surface area contributed by atoms with E-state index >= 15 is 0 Å². The van der Waals surface area contributed by atoms with Gasteiger partial charge in [-0.05, 0) is 160 Å². The van der Waals surface area contributed by atoms with E-state index in [0.29, 0.717) is 48.1 Å². The average molecular weight is 713 g/mol. The lowest BCUT2D eigenvalue weighted by Crippen LogP contribution is -2.53. The number of hydrogen-bond acceptors (Lipinski definition) is 8. The molecule has 11 heteroatoms. The fraction of sp³-hybridized carbons (Fsp3) is 0.525. The molecule has 0 amide bonds. The van der Waals surface area contributed by atoms with Gasteiger partial charge in [0.2, 0.25) is 0 Å². The van der Waals surface area contributed by atoms with Crippen LogP contribution in [0.4, 0.5) is 5.69 Å². The molecule has 0 aliphatic heterocycles. The SMILES string of the molecule is C[C@@H](COc1ccnc2c1[C@H](C)CCC2)C[C@H]1Cc2ccc(Oc3nnnn3C(C)(C)C)cc2C12CCC(Nc1cccc(Cl)c1)(C(=O)O)CC2. The molecule has 270 valence electrons. The van der Waals surface area contributed by atoms with Gasteiger partial charge in [0.25, 0.3) is 0 Å². The van der Waals surface area contributed by atoms with E-state index in [-0.39, 0.29) is 16.9 Å². The first-order valence-corrected chi connectivity index (χ1v) is 18.7. The smallest absolute Gasteiger partial charge is 0.341 e. The third kappa shape index (κ3) is 6.91. The highest BCUT2D eigenvalue weighted by Crippen LogP contribution is 2.57. The minimum Gasteiger partial charge on any atom is -0.493 e. The molecule has 7 rings (SSSR count). The molecule has 0 saturated heterocycles. The molecule has 2 aromatic carbocycles. The number of nitrogens with one attached hydrogen (secondary N) is 1. The fourth-order valence-corrected chi connectivity index (χ4v) is 9.10. The van der Waals surface area contributed by atoms with Gasteiger partial charge in [-0.3, -0.25) is 4.98 Å². The summed E-state index contributed by atoms with van der Waals surface area (Å²) in [5.41, 5.74) is 4.02. The number of carboxylic acid groups (broad SMARTS) is 1. The lowest BCUT2D eigenvalue weighted by molar-refractivity contribution is -0.144. The van der Waals surface area contributed by atoms with Crippen LogP contribution in [0.1, 0.15) is 108 Å². The van der Waals surface area contributed by atoms with Gasteiger partial charge in [-0.1, -0.05) is 42.7 Å². The fourth-order valence-electron chi connectivity index (χ4n) is 8.91. The van der Waals surface area contributed by atoms with Crippen molar-refractivity contribution < 1.29 is 19.4 Å². The summed E-state index contributed by atoms with van der Waals surface area (Å²) in [6, 6.07) is 16.0. The first-order valence-electron chi connectivity index (χ1n) is 18.3. The van der Waals surface area contributed by atoms with Gasteiger partial charge in [-0.25, -0.2) is 4.79 Å². The Balaban J connectivity index is 1.16. The molecule has 0 unspecified atom stereocenters. The normalized spacial score (nSPS) is 24.8. The van der Waals surface area contributed by atoms with Crippen LogP contribution in [0.2, 0.25) is 5.02 Å². The number of fused-ring (bicyclic) bond motifs is 3. The minimum absolute atomic E-state index is 0.224. The summed E-state index contributed by atoms with van der Waals surface area (Å²) in [6.07, 6.45) is 9.49. The lowest BCUT2D eigenvalue weighted by atomic mass is 9.59. The summed E-state index contributed by atoms with van der Waals surface area (Å²) in [5, 5.41) is 26.8. The number of benzene rings is 2. The zero-order valence-electron chi connectivity index (χ0n) is 30.3. The molecular formula is C40H49ClN6O4. The third-order valence-corrected chi connectivity index (χ3v) is 11.8. The quantitative estimate of drug-likeness (QED) is 0.166. The van der Waals surface area contributed by atoms with E-state index in [4.69, 9.17) is 21.1 Å². The summed E-state index contributed by atoms with van der Waals surface area (Å²) in [5.74, 6) is 1.85. The minimum atomic E-state index is -1.10. The largest absolute Gasteiger partial charge is 0.493 e. The van der Waals surface area contributed by atoms with Crippen molar-refractivity contribution in [3.05, 3.63) is 82.1 Å².